The van der Waals surface area contributed by atoms with Crippen molar-refractivity contribution in [1.29, 1.82) is 5.26 Å². The predicted octanol–water partition coefficient (Wildman–Crippen LogP) is 3.28. The van der Waals surface area contributed by atoms with Crippen molar-refractivity contribution in [2.45, 2.75) is 12.3 Å². The van der Waals surface area contributed by atoms with Crippen LogP contribution in [-0.4, -0.2) is 12.6 Å². The highest BCUT2D eigenvalue weighted by molar-refractivity contribution is 9.08. The smallest absolute Gasteiger partial charge is 0.338 e. The van der Waals surface area contributed by atoms with Crippen molar-refractivity contribution in [3.63, 3.8) is 0 Å². The number of halogens is 2. The molecule has 0 saturated heterocycles. The van der Waals surface area contributed by atoms with Gasteiger partial charge in [-0.25, -0.2) is 4.79 Å². The lowest BCUT2D eigenvalue weighted by Crippen LogP contribution is -2.08. The molecular formula is C11H9BrClNO2. The minimum atomic E-state index is -0.462. The highest BCUT2D eigenvalue weighted by Gasteiger charge is 2.16. The second-order valence-corrected chi connectivity index (χ2v) is 3.92. The van der Waals surface area contributed by atoms with Crippen molar-refractivity contribution >= 4 is 33.5 Å². The van der Waals surface area contributed by atoms with Gasteiger partial charge in [-0.3, -0.25) is 0 Å². The van der Waals surface area contributed by atoms with Gasteiger partial charge in [0.1, 0.15) is 0 Å². The molecule has 0 aliphatic rings. The fourth-order valence-electron chi connectivity index (χ4n) is 1.23. The van der Waals surface area contributed by atoms with Crippen molar-refractivity contribution in [2.24, 2.45) is 0 Å². The topological polar surface area (TPSA) is 50.1 Å². The van der Waals surface area contributed by atoms with Crippen molar-refractivity contribution in [1.82, 2.24) is 0 Å². The summed E-state index contributed by atoms with van der Waals surface area (Å²) in [6.45, 7) is 2.01. The zero-order valence-electron chi connectivity index (χ0n) is 8.59. The third-order valence-electron chi connectivity index (χ3n) is 1.95. The van der Waals surface area contributed by atoms with Gasteiger partial charge in [0.15, 0.2) is 0 Å². The molecule has 0 radical (unpaired) electrons. The molecule has 0 atom stereocenters. The Morgan fingerprint density at radius 3 is 2.81 bits per heavy atom. The van der Waals surface area contributed by atoms with Gasteiger partial charge in [0, 0.05) is 10.4 Å². The van der Waals surface area contributed by atoms with Crippen LogP contribution in [0, 0.1) is 11.3 Å². The molecule has 0 aliphatic heterocycles. The molecule has 0 bridgehead atoms. The molecule has 0 spiro atoms. The fraction of sp³-hybridized carbons (Fsp3) is 0.273. The molecule has 1 rings (SSSR count). The van der Waals surface area contributed by atoms with Crippen LogP contribution in [0.5, 0.6) is 0 Å². The molecule has 1 aromatic rings. The number of carbonyl (C=O) groups excluding carboxylic acids is 1. The van der Waals surface area contributed by atoms with Crippen LogP contribution in [0.2, 0.25) is 5.02 Å². The Hall–Kier alpha value is -1.05. The number of rotatable bonds is 3. The molecule has 5 heteroatoms. The van der Waals surface area contributed by atoms with E-state index in [2.05, 4.69) is 15.9 Å². The average Bonchev–Trinajstić information content (AvgIpc) is 2.28. The third-order valence-corrected chi connectivity index (χ3v) is 2.85. The van der Waals surface area contributed by atoms with E-state index in [1.54, 1.807) is 6.92 Å². The second-order valence-electron chi connectivity index (χ2n) is 2.95. The summed E-state index contributed by atoms with van der Waals surface area (Å²) in [5.74, 6) is -0.462. The maximum Gasteiger partial charge on any atom is 0.338 e. The van der Waals surface area contributed by atoms with Crippen LogP contribution in [0.1, 0.15) is 28.4 Å². The van der Waals surface area contributed by atoms with E-state index in [0.717, 1.165) is 0 Å². The van der Waals surface area contributed by atoms with Gasteiger partial charge < -0.3 is 4.74 Å². The first kappa shape index (κ1) is 13.0. The molecule has 0 N–H and O–H groups in total. The number of benzene rings is 1. The van der Waals surface area contributed by atoms with Gasteiger partial charge in [0.05, 0.1) is 23.8 Å². The first-order valence-corrected chi connectivity index (χ1v) is 6.09. The first-order valence-electron chi connectivity index (χ1n) is 4.59. The number of hydrogen-bond acceptors (Lipinski definition) is 3. The molecule has 0 unspecified atom stereocenters. The molecule has 1 aromatic carbocycles. The van der Waals surface area contributed by atoms with Crippen molar-refractivity contribution in [3.8, 4) is 6.07 Å². The molecule has 0 saturated carbocycles. The summed E-state index contributed by atoms with van der Waals surface area (Å²) in [5, 5.41) is 9.61. The summed E-state index contributed by atoms with van der Waals surface area (Å²) in [6, 6.07) is 4.96. The van der Waals surface area contributed by atoms with Gasteiger partial charge in [-0.05, 0) is 24.6 Å². The monoisotopic (exact) mass is 301 g/mol. The van der Waals surface area contributed by atoms with Crippen LogP contribution < -0.4 is 0 Å². The van der Waals surface area contributed by atoms with Crippen LogP contribution in [0.25, 0.3) is 0 Å². The molecule has 0 amide bonds. The Bertz CT molecular complexity index is 454. The third kappa shape index (κ3) is 2.75. The second kappa shape index (κ2) is 5.88. The summed E-state index contributed by atoms with van der Waals surface area (Å²) < 4.78 is 4.90. The molecule has 0 aromatic heterocycles. The minimum absolute atomic E-state index is 0.287. The summed E-state index contributed by atoms with van der Waals surface area (Å²) in [7, 11) is 0. The number of alkyl halides is 1. The molecule has 0 aliphatic carbocycles. The van der Waals surface area contributed by atoms with E-state index in [1.807, 2.05) is 6.07 Å². The van der Waals surface area contributed by atoms with Gasteiger partial charge in [-0.1, -0.05) is 27.5 Å². The Morgan fingerprint density at radius 2 is 2.31 bits per heavy atom. The number of hydrogen-bond donors (Lipinski definition) is 0. The lowest BCUT2D eigenvalue weighted by Gasteiger charge is -2.08. The van der Waals surface area contributed by atoms with Crippen molar-refractivity contribution in [2.75, 3.05) is 6.61 Å². The lowest BCUT2D eigenvalue weighted by molar-refractivity contribution is 0.0525. The fourth-order valence-corrected chi connectivity index (χ4v) is 2.28. The maximum absolute atomic E-state index is 11.6. The van der Waals surface area contributed by atoms with E-state index in [-0.39, 0.29) is 6.61 Å². The summed E-state index contributed by atoms with van der Waals surface area (Å²) in [5.41, 5.74) is 1.32. The summed E-state index contributed by atoms with van der Waals surface area (Å²) >= 11 is 9.22. The highest BCUT2D eigenvalue weighted by Crippen LogP contribution is 2.25. The lowest BCUT2D eigenvalue weighted by atomic mass is 10.1. The van der Waals surface area contributed by atoms with Crippen LogP contribution in [0.3, 0.4) is 0 Å². The zero-order valence-corrected chi connectivity index (χ0v) is 10.9. The SMILES string of the molecule is CCOC(=O)c1cc(C#N)cc(Cl)c1CBr. The van der Waals surface area contributed by atoms with Crippen LogP contribution in [0.4, 0.5) is 0 Å². The Balaban J connectivity index is 3.29. The highest BCUT2D eigenvalue weighted by atomic mass is 79.9. The zero-order chi connectivity index (χ0) is 12.1. The molecule has 3 nitrogen and oxygen atoms in total. The molecule has 16 heavy (non-hydrogen) atoms. The van der Waals surface area contributed by atoms with Crippen LogP contribution in [-0.2, 0) is 10.1 Å². The number of ether oxygens (including phenoxy) is 1. The molecule has 84 valence electrons. The maximum atomic E-state index is 11.6. The van der Waals surface area contributed by atoms with Gasteiger partial charge >= 0.3 is 5.97 Å². The molecule has 0 fully saturated rings. The average molecular weight is 303 g/mol. The summed E-state index contributed by atoms with van der Waals surface area (Å²) in [4.78, 5) is 11.6. The molecular weight excluding hydrogens is 293 g/mol. The van der Waals surface area contributed by atoms with E-state index < -0.39 is 5.97 Å². The number of nitriles is 1. The van der Waals surface area contributed by atoms with Gasteiger partial charge in [-0.2, -0.15) is 5.26 Å². The Morgan fingerprint density at radius 1 is 1.62 bits per heavy atom. The normalized spacial score (nSPS) is 9.62. The van der Waals surface area contributed by atoms with E-state index >= 15 is 0 Å². The number of nitrogens with zero attached hydrogens (tertiary/aromatic N) is 1. The summed E-state index contributed by atoms with van der Waals surface area (Å²) in [6.07, 6.45) is 0. The first-order chi connectivity index (χ1) is 7.63. The van der Waals surface area contributed by atoms with E-state index in [9.17, 15) is 4.79 Å². The van der Waals surface area contributed by atoms with Crippen molar-refractivity contribution < 1.29 is 9.53 Å². The Kier molecular flexibility index (Phi) is 4.78. The standard InChI is InChI=1S/C11H9BrClNO2/c1-2-16-11(15)8-3-7(6-14)4-10(13)9(8)5-12/h3-4H,2,5H2,1H3. The van der Waals surface area contributed by atoms with Crippen LogP contribution >= 0.6 is 27.5 Å². The minimum Gasteiger partial charge on any atom is -0.462 e. The van der Waals surface area contributed by atoms with E-state index in [1.165, 1.54) is 12.1 Å². The van der Waals surface area contributed by atoms with Gasteiger partial charge in [0.2, 0.25) is 0 Å². The van der Waals surface area contributed by atoms with Gasteiger partial charge in [-0.15, -0.1) is 0 Å². The van der Waals surface area contributed by atoms with E-state index in [0.29, 0.717) is 27.0 Å². The van der Waals surface area contributed by atoms with Crippen molar-refractivity contribution in [3.05, 3.63) is 33.8 Å². The Labute approximate surface area is 107 Å². The quantitative estimate of drug-likeness (QED) is 0.636. The number of carbonyl (C=O) groups is 1. The van der Waals surface area contributed by atoms with Crippen LogP contribution in [0.15, 0.2) is 12.1 Å². The van der Waals surface area contributed by atoms with E-state index in [4.69, 9.17) is 21.6 Å². The van der Waals surface area contributed by atoms with Gasteiger partial charge in [0.25, 0.3) is 0 Å². The predicted molar refractivity (Wildman–Crippen MR) is 64.8 cm³/mol. The number of esters is 1. The largest absolute Gasteiger partial charge is 0.462 e. The molecule has 0 heterocycles.